The topological polar surface area (TPSA) is 52.6 Å². The molecule has 1 saturated carbocycles. The van der Waals surface area contributed by atoms with Crippen LogP contribution < -0.4 is 0 Å². The summed E-state index contributed by atoms with van der Waals surface area (Å²) >= 11 is 0. The van der Waals surface area contributed by atoms with Gasteiger partial charge in [-0.3, -0.25) is 9.59 Å². The number of carbonyl (C=O) groups excluding carboxylic acids is 2. The van der Waals surface area contributed by atoms with Crippen molar-refractivity contribution in [2.24, 2.45) is 11.8 Å². The van der Waals surface area contributed by atoms with Gasteiger partial charge in [0.1, 0.15) is 0 Å². The molecule has 0 bridgehead atoms. The quantitative estimate of drug-likeness (QED) is 0.540. The van der Waals surface area contributed by atoms with Crippen LogP contribution in [0.3, 0.4) is 0 Å². The molecule has 2 atom stereocenters. The highest BCUT2D eigenvalue weighted by molar-refractivity contribution is 5.83. The lowest BCUT2D eigenvalue weighted by Crippen LogP contribution is -2.28. The first-order valence-electron chi connectivity index (χ1n) is 5.60. The summed E-state index contributed by atoms with van der Waals surface area (Å²) in [6.45, 7) is 7.99. The molecule has 0 aromatic heterocycles. The third-order valence-electron chi connectivity index (χ3n) is 2.68. The van der Waals surface area contributed by atoms with Crippen LogP contribution in [0.25, 0.3) is 0 Å². The Morgan fingerprint density at radius 3 is 1.81 bits per heavy atom. The summed E-state index contributed by atoms with van der Waals surface area (Å²) in [7, 11) is 0. The van der Waals surface area contributed by atoms with Crippen molar-refractivity contribution in [3.05, 3.63) is 12.2 Å². The van der Waals surface area contributed by atoms with Gasteiger partial charge < -0.3 is 9.47 Å². The molecule has 0 heterocycles. The first-order chi connectivity index (χ1) is 7.60. The predicted octanol–water partition coefficient (Wildman–Crippen LogP) is 1.70. The van der Waals surface area contributed by atoms with E-state index in [4.69, 9.17) is 9.47 Å². The Labute approximate surface area is 95.6 Å². The fourth-order valence-electron chi connectivity index (χ4n) is 1.98. The predicted molar refractivity (Wildman–Crippen MR) is 58.6 cm³/mol. The van der Waals surface area contributed by atoms with E-state index in [2.05, 4.69) is 6.58 Å². The van der Waals surface area contributed by atoms with Crippen molar-refractivity contribution in [1.82, 2.24) is 0 Å². The van der Waals surface area contributed by atoms with Gasteiger partial charge in [-0.15, -0.1) is 0 Å². The maximum atomic E-state index is 11.6. The van der Waals surface area contributed by atoms with Gasteiger partial charge in [-0.05, 0) is 26.7 Å². The summed E-state index contributed by atoms with van der Waals surface area (Å²) in [6, 6.07) is 0. The molecule has 16 heavy (non-hydrogen) atoms. The standard InChI is InChI=1S/C12H18O4/c1-4-15-11(13)9-6-8(3)7-10(9)12(14)16-5-2/h9-10H,3-7H2,1-2H3/t9-,10-/m1/s1. The number of hydrogen-bond acceptors (Lipinski definition) is 4. The van der Waals surface area contributed by atoms with Gasteiger partial charge in [0.25, 0.3) is 0 Å². The Morgan fingerprint density at radius 2 is 1.50 bits per heavy atom. The lowest BCUT2D eigenvalue weighted by atomic mass is 9.96. The minimum atomic E-state index is -0.411. The van der Waals surface area contributed by atoms with Crippen molar-refractivity contribution < 1.29 is 19.1 Å². The van der Waals surface area contributed by atoms with Gasteiger partial charge in [-0.1, -0.05) is 12.2 Å². The Bertz CT molecular complexity index is 267. The molecule has 0 amide bonds. The maximum absolute atomic E-state index is 11.6. The summed E-state index contributed by atoms with van der Waals surface area (Å²) in [5.41, 5.74) is 0.913. The average molecular weight is 226 g/mol. The van der Waals surface area contributed by atoms with Crippen LogP contribution in [0, 0.1) is 11.8 Å². The second-order valence-electron chi connectivity index (χ2n) is 3.88. The molecular weight excluding hydrogens is 208 g/mol. The molecule has 0 aliphatic heterocycles. The summed E-state index contributed by atoms with van der Waals surface area (Å²) < 4.78 is 9.89. The van der Waals surface area contributed by atoms with Crippen LogP contribution in [0.4, 0.5) is 0 Å². The molecule has 90 valence electrons. The molecule has 1 rings (SSSR count). The van der Waals surface area contributed by atoms with Crippen molar-refractivity contribution in [2.75, 3.05) is 13.2 Å². The minimum Gasteiger partial charge on any atom is -0.466 e. The lowest BCUT2D eigenvalue weighted by Gasteiger charge is -2.15. The second kappa shape index (κ2) is 5.68. The molecule has 1 aliphatic carbocycles. The van der Waals surface area contributed by atoms with Crippen molar-refractivity contribution in [1.29, 1.82) is 0 Å². The van der Waals surface area contributed by atoms with E-state index in [1.807, 2.05) is 0 Å². The van der Waals surface area contributed by atoms with Crippen LogP contribution >= 0.6 is 0 Å². The van der Waals surface area contributed by atoms with Crippen LogP contribution in [-0.2, 0) is 19.1 Å². The van der Waals surface area contributed by atoms with E-state index < -0.39 is 11.8 Å². The number of esters is 2. The minimum absolute atomic E-state index is 0.320. The molecule has 0 spiro atoms. The molecule has 4 nitrogen and oxygen atoms in total. The number of ether oxygens (including phenoxy) is 2. The van der Waals surface area contributed by atoms with E-state index in [1.165, 1.54) is 0 Å². The smallest absolute Gasteiger partial charge is 0.310 e. The SMILES string of the molecule is C=C1C[C@@H](C(=O)OCC)[C@H](C(=O)OCC)C1. The number of hydrogen-bond donors (Lipinski definition) is 0. The van der Waals surface area contributed by atoms with E-state index in [0.29, 0.717) is 26.1 Å². The zero-order valence-electron chi connectivity index (χ0n) is 9.82. The molecule has 0 radical (unpaired) electrons. The summed E-state index contributed by atoms with van der Waals surface area (Å²) in [5, 5.41) is 0. The molecule has 4 heteroatoms. The highest BCUT2D eigenvalue weighted by Gasteiger charge is 2.41. The molecule has 0 aromatic carbocycles. The molecule has 1 fully saturated rings. The number of carbonyl (C=O) groups is 2. The molecule has 1 aliphatic rings. The average Bonchev–Trinajstić information content (AvgIpc) is 2.61. The monoisotopic (exact) mass is 226 g/mol. The van der Waals surface area contributed by atoms with Crippen molar-refractivity contribution in [3.8, 4) is 0 Å². The van der Waals surface area contributed by atoms with Crippen molar-refractivity contribution in [2.45, 2.75) is 26.7 Å². The van der Waals surface area contributed by atoms with Crippen LogP contribution in [0.2, 0.25) is 0 Å². The molecular formula is C12H18O4. The van der Waals surface area contributed by atoms with Gasteiger partial charge in [0.15, 0.2) is 0 Å². The van der Waals surface area contributed by atoms with E-state index in [0.717, 1.165) is 5.57 Å². The fourth-order valence-corrected chi connectivity index (χ4v) is 1.98. The Balaban J connectivity index is 2.69. The number of allylic oxidation sites excluding steroid dienone is 1. The van der Waals surface area contributed by atoms with Gasteiger partial charge in [-0.2, -0.15) is 0 Å². The van der Waals surface area contributed by atoms with Gasteiger partial charge in [0.05, 0.1) is 25.0 Å². The largest absolute Gasteiger partial charge is 0.466 e. The highest BCUT2D eigenvalue weighted by Crippen LogP contribution is 2.36. The summed E-state index contributed by atoms with van der Waals surface area (Å²) in [6.07, 6.45) is 1.06. The molecule has 0 unspecified atom stereocenters. The van der Waals surface area contributed by atoms with Crippen molar-refractivity contribution >= 4 is 11.9 Å². The van der Waals surface area contributed by atoms with E-state index >= 15 is 0 Å². The zero-order chi connectivity index (χ0) is 12.1. The summed E-state index contributed by atoms with van der Waals surface area (Å²) in [5.74, 6) is -1.46. The first kappa shape index (κ1) is 12.7. The van der Waals surface area contributed by atoms with Crippen LogP contribution in [0.1, 0.15) is 26.7 Å². The molecule has 0 N–H and O–H groups in total. The Kier molecular flexibility index (Phi) is 4.52. The fraction of sp³-hybridized carbons (Fsp3) is 0.667. The first-order valence-corrected chi connectivity index (χ1v) is 5.60. The van der Waals surface area contributed by atoms with Gasteiger partial charge >= 0.3 is 11.9 Å². The Morgan fingerprint density at radius 1 is 1.12 bits per heavy atom. The van der Waals surface area contributed by atoms with Crippen LogP contribution in [0.15, 0.2) is 12.2 Å². The third kappa shape index (κ3) is 2.84. The van der Waals surface area contributed by atoms with Crippen LogP contribution in [-0.4, -0.2) is 25.2 Å². The van der Waals surface area contributed by atoms with Gasteiger partial charge in [0, 0.05) is 0 Å². The van der Waals surface area contributed by atoms with Crippen LogP contribution in [0.5, 0.6) is 0 Å². The van der Waals surface area contributed by atoms with Crippen molar-refractivity contribution in [3.63, 3.8) is 0 Å². The highest BCUT2D eigenvalue weighted by atomic mass is 16.5. The Hall–Kier alpha value is -1.32. The maximum Gasteiger partial charge on any atom is 0.310 e. The third-order valence-corrected chi connectivity index (χ3v) is 2.68. The van der Waals surface area contributed by atoms with E-state index in [9.17, 15) is 9.59 Å². The van der Waals surface area contributed by atoms with E-state index in [-0.39, 0.29) is 11.9 Å². The lowest BCUT2D eigenvalue weighted by molar-refractivity contribution is -0.158. The van der Waals surface area contributed by atoms with Gasteiger partial charge in [-0.25, -0.2) is 0 Å². The van der Waals surface area contributed by atoms with E-state index in [1.54, 1.807) is 13.8 Å². The summed E-state index contributed by atoms with van der Waals surface area (Å²) in [4.78, 5) is 23.3. The molecule has 0 aromatic rings. The second-order valence-corrected chi connectivity index (χ2v) is 3.88. The zero-order valence-corrected chi connectivity index (χ0v) is 9.82. The normalized spacial score (nSPS) is 24.2. The number of rotatable bonds is 4. The molecule has 0 saturated heterocycles. The van der Waals surface area contributed by atoms with Gasteiger partial charge in [0.2, 0.25) is 0 Å².